The fraction of sp³-hybridized carbons (Fsp3) is 0.889. The quantitative estimate of drug-likeness (QED) is 0.833. The molecule has 0 unspecified atom stereocenters. The van der Waals surface area contributed by atoms with E-state index in [4.69, 9.17) is 0 Å². The van der Waals surface area contributed by atoms with Gasteiger partial charge in [0.15, 0.2) is 0 Å². The van der Waals surface area contributed by atoms with Gasteiger partial charge in [0.05, 0.1) is 5.92 Å². The molecule has 5 nitrogen and oxygen atoms in total. The lowest BCUT2D eigenvalue weighted by molar-refractivity contribution is -0.130. The third-order valence-corrected chi connectivity index (χ3v) is 6.24. The molecular formula is C18H29N3O2. The lowest BCUT2D eigenvalue weighted by atomic mass is 10.1. The van der Waals surface area contributed by atoms with Crippen molar-refractivity contribution in [1.82, 2.24) is 15.1 Å². The molecule has 5 heteroatoms. The lowest BCUT2D eigenvalue weighted by Gasteiger charge is -2.24. The topological polar surface area (TPSA) is 52.7 Å². The monoisotopic (exact) mass is 319 g/mol. The molecule has 0 radical (unpaired) electrons. The van der Waals surface area contributed by atoms with Gasteiger partial charge in [-0.1, -0.05) is 12.8 Å². The van der Waals surface area contributed by atoms with Crippen molar-refractivity contribution in [2.24, 2.45) is 11.8 Å². The van der Waals surface area contributed by atoms with Crippen LogP contribution < -0.4 is 5.32 Å². The van der Waals surface area contributed by atoms with Gasteiger partial charge in [0.1, 0.15) is 0 Å². The standard InChI is InChI=1S/C18H29N3O2/c22-17-9-14(12-21(17)16-3-1-2-4-16)18(23)19-10-13-7-8-20(11-13)15-5-6-15/h13-16H,1-12H2,(H,19,23)/t13-,14+/m0/s1. The van der Waals surface area contributed by atoms with Crippen LogP contribution in [-0.4, -0.2) is 59.9 Å². The zero-order valence-corrected chi connectivity index (χ0v) is 14.0. The number of carbonyl (C=O) groups excluding carboxylic acids is 2. The summed E-state index contributed by atoms with van der Waals surface area (Å²) in [5, 5.41) is 3.13. The molecule has 0 bridgehead atoms. The van der Waals surface area contributed by atoms with Crippen LogP contribution in [0.5, 0.6) is 0 Å². The average molecular weight is 319 g/mol. The average Bonchev–Trinajstić information content (AvgIpc) is 2.95. The van der Waals surface area contributed by atoms with E-state index >= 15 is 0 Å². The zero-order valence-electron chi connectivity index (χ0n) is 14.0. The smallest absolute Gasteiger partial charge is 0.225 e. The van der Waals surface area contributed by atoms with E-state index < -0.39 is 0 Å². The number of likely N-dealkylation sites (tertiary alicyclic amines) is 2. The van der Waals surface area contributed by atoms with Crippen molar-refractivity contribution in [1.29, 1.82) is 0 Å². The molecule has 2 saturated heterocycles. The summed E-state index contributed by atoms with van der Waals surface area (Å²) >= 11 is 0. The summed E-state index contributed by atoms with van der Waals surface area (Å²) in [6.45, 7) is 3.77. The molecule has 2 aliphatic heterocycles. The summed E-state index contributed by atoms with van der Waals surface area (Å²) in [7, 11) is 0. The van der Waals surface area contributed by atoms with E-state index in [9.17, 15) is 9.59 Å². The molecule has 2 saturated carbocycles. The first-order chi connectivity index (χ1) is 11.2. The van der Waals surface area contributed by atoms with Crippen molar-refractivity contribution in [2.75, 3.05) is 26.2 Å². The summed E-state index contributed by atoms with van der Waals surface area (Å²) in [6.07, 6.45) is 9.05. The molecule has 2 amide bonds. The van der Waals surface area contributed by atoms with E-state index in [2.05, 4.69) is 10.2 Å². The van der Waals surface area contributed by atoms with Crippen LogP contribution >= 0.6 is 0 Å². The maximum absolute atomic E-state index is 12.4. The first kappa shape index (κ1) is 15.4. The molecule has 1 N–H and O–H groups in total. The second-order valence-electron chi connectivity index (χ2n) is 8.01. The maximum Gasteiger partial charge on any atom is 0.225 e. The first-order valence-corrected chi connectivity index (χ1v) is 9.52. The van der Waals surface area contributed by atoms with Gasteiger partial charge in [0, 0.05) is 38.1 Å². The predicted molar refractivity (Wildman–Crippen MR) is 87.8 cm³/mol. The molecule has 4 rings (SSSR count). The molecule has 0 aromatic heterocycles. The summed E-state index contributed by atoms with van der Waals surface area (Å²) in [5.41, 5.74) is 0. The molecule has 4 fully saturated rings. The summed E-state index contributed by atoms with van der Waals surface area (Å²) in [5.74, 6) is 0.771. The third-order valence-electron chi connectivity index (χ3n) is 6.24. The van der Waals surface area contributed by atoms with Gasteiger partial charge in [-0.25, -0.2) is 0 Å². The second-order valence-corrected chi connectivity index (χ2v) is 8.01. The van der Waals surface area contributed by atoms with Gasteiger partial charge in [-0.3, -0.25) is 9.59 Å². The predicted octanol–water partition coefficient (Wildman–Crippen LogP) is 1.38. The number of nitrogens with zero attached hydrogens (tertiary/aromatic N) is 2. The normalized spacial score (nSPS) is 32.9. The Labute approximate surface area is 138 Å². The van der Waals surface area contributed by atoms with Gasteiger partial charge in [0.25, 0.3) is 0 Å². The second kappa shape index (κ2) is 6.42. The van der Waals surface area contributed by atoms with Crippen LogP contribution in [0.25, 0.3) is 0 Å². The van der Waals surface area contributed by atoms with Gasteiger partial charge in [-0.05, 0) is 44.6 Å². The summed E-state index contributed by atoms with van der Waals surface area (Å²) in [6, 6.07) is 1.24. The summed E-state index contributed by atoms with van der Waals surface area (Å²) < 4.78 is 0. The number of nitrogens with one attached hydrogen (secondary N) is 1. The van der Waals surface area contributed by atoms with Crippen molar-refractivity contribution < 1.29 is 9.59 Å². The summed E-state index contributed by atoms with van der Waals surface area (Å²) in [4.78, 5) is 29.2. The van der Waals surface area contributed by atoms with Gasteiger partial charge in [-0.15, -0.1) is 0 Å². The molecule has 128 valence electrons. The Kier molecular flexibility index (Phi) is 4.31. The number of hydrogen-bond acceptors (Lipinski definition) is 3. The molecular weight excluding hydrogens is 290 g/mol. The van der Waals surface area contributed by atoms with Crippen molar-refractivity contribution >= 4 is 11.8 Å². The number of hydrogen-bond donors (Lipinski definition) is 1. The van der Waals surface area contributed by atoms with E-state index in [0.29, 0.717) is 24.9 Å². The van der Waals surface area contributed by atoms with Crippen molar-refractivity contribution in [2.45, 2.75) is 63.5 Å². The van der Waals surface area contributed by atoms with Crippen LogP contribution in [0.2, 0.25) is 0 Å². The molecule has 0 aromatic carbocycles. The molecule has 2 heterocycles. The lowest BCUT2D eigenvalue weighted by Crippen LogP contribution is -2.38. The Bertz CT molecular complexity index is 471. The highest BCUT2D eigenvalue weighted by atomic mass is 16.2. The zero-order chi connectivity index (χ0) is 15.8. The van der Waals surface area contributed by atoms with E-state index in [1.54, 1.807) is 0 Å². The van der Waals surface area contributed by atoms with Crippen LogP contribution in [0.1, 0.15) is 51.4 Å². The maximum atomic E-state index is 12.4. The Morgan fingerprint density at radius 1 is 1.04 bits per heavy atom. The van der Waals surface area contributed by atoms with Crippen LogP contribution in [0, 0.1) is 11.8 Å². The van der Waals surface area contributed by atoms with Crippen LogP contribution in [0.4, 0.5) is 0 Å². The van der Waals surface area contributed by atoms with Crippen molar-refractivity contribution in [3.05, 3.63) is 0 Å². The molecule has 0 aromatic rings. The molecule has 0 spiro atoms. The fourth-order valence-electron chi connectivity index (χ4n) is 4.67. The number of rotatable bonds is 5. The van der Waals surface area contributed by atoms with Gasteiger partial charge < -0.3 is 15.1 Å². The van der Waals surface area contributed by atoms with E-state index in [1.807, 2.05) is 4.90 Å². The van der Waals surface area contributed by atoms with Gasteiger partial charge in [-0.2, -0.15) is 0 Å². The minimum absolute atomic E-state index is 0.101. The molecule has 2 atom stereocenters. The van der Waals surface area contributed by atoms with Crippen LogP contribution in [0.15, 0.2) is 0 Å². The van der Waals surface area contributed by atoms with Gasteiger partial charge in [0.2, 0.25) is 11.8 Å². The Hall–Kier alpha value is -1.10. The van der Waals surface area contributed by atoms with E-state index in [-0.39, 0.29) is 17.7 Å². The third kappa shape index (κ3) is 3.39. The number of amides is 2. The Morgan fingerprint density at radius 3 is 2.57 bits per heavy atom. The van der Waals surface area contributed by atoms with Crippen LogP contribution in [-0.2, 0) is 9.59 Å². The van der Waals surface area contributed by atoms with Crippen LogP contribution in [0.3, 0.4) is 0 Å². The van der Waals surface area contributed by atoms with Crippen molar-refractivity contribution in [3.63, 3.8) is 0 Å². The fourth-order valence-corrected chi connectivity index (χ4v) is 4.67. The van der Waals surface area contributed by atoms with E-state index in [1.165, 1.54) is 38.6 Å². The number of carbonyl (C=O) groups is 2. The SMILES string of the molecule is O=C(NC[C@@H]1CCN(C2CC2)C1)[C@@H]1CC(=O)N(C2CCCC2)C1. The molecule has 23 heavy (non-hydrogen) atoms. The highest BCUT2D eigenvalue weighted by Gasteiger charge is 2.39. The highest BCUT2D eigenvalue weighted by Crippen LogP contribution is 2.32. The minimum atomic E-state index is -0.121. The Balaban J connectivity index is 1.22. The largest absolute Gasteiger partial charge is 0.355 e. The molecule has 2 aliphatic carbocycles. The van der Waals surface area contributed by atoms with Crippen molar-refractivity contribution in [3.8, 4) is 0 Å². The minimum Gasteiger partial charge on any atom is -0.355 e. The Morgan fingerprint density at radius 2 is 1.83 bits per heavy atom. The van der Waals surface area contributed by atoms with E-state index in [0.717, 1.165) is 32.0 Å². The first-order valence-electron chi connectivity index (χ1n) is 9.52. The van der Waals surface area contributed by atoms with Gasteiger partial charge >= 0.3 is 0 Å². The highest BCUT2D eigenvalue weighted by molar-refractivity contribution is 5.89. The molecule has 4 aliphatic rings.